The zero-order chi connectivity index (χ0) is 13.7. The van der Waals surface area contributed by atoms with Crippen LogP contribution >= 0.6 is 0 Å². The zero-order valence-electron chi connectivity index (χ0n) is 10.6. The molecule has 1 aliphatic rings. The van der Waals surface area contributed by atoms with Crippen molar-refractivity contribution in [2.24, 2.45) is 5.92 Å². The van der Waals surface area contributed by atoms with Crippen LogP contribution in [0.4, 0.5) is 4.79 Å². The van der Waals surface area contributed by atoms with E-state index >= 15 is 0 Å². The van der Waals surface area contributed by atoms with Crippen molar-refractivity contribution in [2.75, 3.05) is 20.1 Å². The predicted octanol–water partition coefficient (Wildman–Crippen LogP) is -0.373. The highest BCUT2D eigenvalue weighted by Crippen LogP contribution is 2.17. The van der Waals surface area contributed by atoms with E-state index in [1.807, 2.05) is 0 Å². The van der Waals surface area contributed by atoms with Crippen LogP contribution in [0.5, 0.6) is 0 Å². The van der Waals surface area contributed by atoms with Gasteiger partial charge in [0, 0.05) is 26.1 Å². The van der Waals surface area contributed by atoms with Crippen molar-refractivity contribution in [3.8, 4) is 0 Å². The molecule has 3 amide bonds. The molecule has 0 unspecified atom stereocenters. The number of urea groups is 1. The van der Waals surface area contributed by atoms with Crippen LogP contribution in [0.15, 0.2) is 0 Å². The molecule has 0 saturated carbocycles. The van der Waals surface area contributed by atoms with E-state index in [1.54, 1.807) is 11.9 Å². The molecule has 1 aliphatic heterocycles. The predicted molar refractivity (Wildman–Crippen MR) is 64.0 cm³/mol. The molecule has 0 aromatic heterocycles. The largest absolute Gasteiger partial charge is 0.480 e. The van der Waals surface area contributed by atoms with Gasteiger partial charge >= 0.3 is 12.0 Å². The fourth-order valence-electron chi connectivity index (χ4n) is 1.89. The lowest BCUT2D eigenvalue weighted by Crippen LogP contribution is -2.50. The monoisotopic (exact) mass is 257 g/mol. The maximum absolute atomic E-state index is 11.7. The summed E-state index contributed by atoms with van der Waals surface area (Å²) in [6.45, 7) is 2.35. The van der Waals surface area contributed by atoms with Crippen molar-refractivity contribution in [3.63, 3.8) is 0 Å². The summed E-state index contributed by atoms with van der Waals surface area (Å²) in [6, 6.07) is -1.30. The van der Waals surface area contributed by atoms with E-state index in [9.17, 15) is 14.4 Å². The number of amides is 3. The number of carbonyl (C=O) groups excluding carboxylic acids is 2. The van der Waals surface area contributed by atoms with Gasteiger partial charge in [-0.3, -0.25) is 9.59 Å². The second kappa shape index (κ2) is 6.23. The number of nitrogens with one attached hydrogen (secondary N) is 2. The Bertz CT molecular complexity index is 337. The van der Waals surface area contributed by atoms with Crippen molar-refractivity contribution in [2.45, 2.75) is 25.8 Å². The molecule has 0 aromatic rings. The normalized spacial score (nSPS) is 18.0. The van der Waals surface area contributed by atoms with E-state index in [0.29, 0.717) is 25.9 Å². The molecule has 1 fully saturated rings. The lowest BCUT2D eigenvalue weighted by molar-refractivity contribution is -0.138. The van der Waals surface area contributed by atoms with E-state index in [1.165, 1.54) is 6.92 Å². The lowest BCUT2D eigenvalue weighted by atomic mass is 9.96. The fourth-order valence-corrected chi connectivity index (χ4v) is 1.89. The Morgan fingerprint density at radius 3 is 2.28 bits per heavy atom. The van der Waals surface area contributed by atoms with E-state index in [2.05, 4.69) is 10.6 Å². The van der Waals surface area contributed by atoms with Gasteiger partial charge in [0.15, 0.2) is 0 Å². The van der Waals surface area contributed by atoms with E-state index in [0.717, 1.165) is 0 Å². The second-order valence-corrected chi connectivity index (χ2v) is 4.38. The van der Waals surface area contributed by atoms with Gasteiger partial charge in [-0.25, -0.2) is 4.79 Å². The van der Waals surface area contributed by atoms with Gasteiger partial charge in [0.25, 0.3) is 0 Å². The van der Waals surface area contributed by atoms with Crippen LogP contribution < -0.4 is 10.6 Å². The molecule has 1 atom stereocenters. The number of hydrogen-bond donors (Lipinski definition) is 3. The third kappa shape index (κ3) is 3.61. The number of carbonyl (C=O) groups is 3. The van der Waals surface area contributed by atoms with Crippen LogP contribution in [-0.2, 0) is 9.59 Å². The summed E-state index contributed by atoms with van der Waals surface area (Å²) in [5.74, 6) is -1.13. The molecule has 0 bridgehead atoms. The molecule has 0 spiro atoms. The molecule has 0 aliphatic carbocycles. The first-order chi connectivity index (χ1) is 8.45. The van der Waals surface area contributed by atoms with Gasteiger partial charge in [-0.2, -0.15) is 0 Å². The highest BCUT2D eigenvalue weighted by Gasteiger charge is 2.27. The number of nitrogens with zero attached hydrogens (tertiary/aromatic N) is 1. The summed E-state index contributed by atoms with van der Waals surface area (Å²) >= 11 is 0. The zero-order valence-corrected chi connectivity index (χ0v) is 10.6. The standard InChI is InChI=1S/C11H19N3O4/c1-7(10(16)17)13-11(18)14-5-3-8(4-6-14)9(15)12-2/h7-8H,3-6H2,1-2H3,(H,12,15)(H,13,18)(H,16,17)/t7-/m1/s1. The average Bonchev–Trinajstić information content (AvgIpc) is 2.37. The molecule has 1 saturated heterocycles. The van der Waals surface area contributed by atoms with Crippen LogP contribution in [0.3, 0.4) is 0 Å². The fraction of sp³-hybridized carbons (Fsp3) is 0.727. The van der Waals surface area contributed by atoms with Crippen molar-refractivity contribution >= 4 is 17.9 Å². The Hall–Kier alpha value is -1.79. The number of rotatable bonds is 3. The molecule has 1 heterocycles. The Balaban J connectivity index is 2.41. The number of hydrogen-bond acceptors (Lipinski definition) is 3. The average molecular weight is 257 g/mol. The minimum atomic E-state index is -1.07. The number of carboxylic acid groups (broad SMARTS) is 1. The summed E-state index contributed by atoms with van der Waals surface area (Å²) in [7, 11) is 1.59. The molecule has 102 valence electrons. The van der Waals surface area contributed by atoms with E-state index in [-0.39, 0.29) is 17.9 Å². The van der Waals surface area contributed by atoms with Crippen LogP contribution in [0.1, 0.15) is 19.8 Å². The Labute approximate surface area is 106 Å². The molecule has 7 heteroatoms. The van der Waals surface area contributed by atoms with Crippen LogP contribution in [0.2, 0.25) is 0 Å². The van der Waals surface area contributed by atoms with Gasteiger partial charge in [0.2, 0.25) is 5.91 Å². The van der Waals surface area contributed by atoms with Crippen LogP contribution in [0, 0.1) is 5.92 Å². The number of carboxylic acids is 1. The third-order valence-corrected chi connectivity index (χ3v) is 3.11. The number of likely N-dealkylation sites (tertiary alicyclic amines) is 1. The molecular formula is C11H19N3O4. The molecule has 0 radical (unpaired) electrons. The molecule has 18 heavy (non-hydrogen) atoms. The van der Waals surface area contributed by atoms with Gasteiger partial charge in [0.1, 0.15) is 6.04 Å². The highest BCUT2D eigenvalue weighted by atomic mass is 16.4. The molecule has 1 rings (SSSR count). The van der Waals surface area contributed by atoms with Crippen LogP contribution in [-0.4, -0.2) is 54.1 Å². The van der Waals surface area contributed by atoms with Crippen molar-refractivity contribution in [1.82, 2.24) is 15.5 Å². The number of aliphatic carboxylic acids is 1. The summed E-state index contributed by atoms with van der Waals surface area (Å²) in [5.41, 5.74) is 0. The van der Waals surface area contributed by atoms with Gasteiger partial charge in [-0.15, -0.1) is 0 Å². The molecule has 7 nitrogen and oxygen atoms in total. The topological polar surface area (TPSA) is 98.7 Å². The summed E-state index contributed by atoms with van der Waals surface area (Å²) in [5, 5.41) is 13.7. The maximum atomic E-state index is 11.7. The Morgan fingerprint density at radius 1 is 1.28 bits per heavy atom. The molecule has 0 aromatic carbocycles. The third-order valence-electron chi connectivity index (χ3n) is 3.11. The lowest BCUT2D eigenvalue weighted by Gasteiger charge is -2.31. The minimum absolute atomic E-state index is 0.00559. The quantitative estimate of drug-likeness (QED) is 0.642. The van der Waals surface area contributed by atoms with E-state index in [4.69, 9.17) is 5.11 Å². The van der Waals surface area contributed by atoms with E-state index < -0.39 is 12.0 Å². The van der Waals surface area contributed by atoms with Gasteiger partial charge in [-0.05, 0) is 19.8 Å². The molecule has 3 N–H and O–H groups in total. The van der Waals surface area contributed by atoms with Gasteiger partial charge in [0.05, 0.1) is 0 Å². The van der Waals surface area contributed by atoms with Crippen LogP contribution in [0.25, 0.3) is 0 Å². The Kier molecular flexibility index (Phi) is 4.94. The maximum Gasteiger partial charge on any atom is 0.325 e. The molecular weight excluding hydrogens is 238 g/mol. The van der Waals surface area contributed by atoms with Crippen molar-refractivity contribution < 1.29 is 19.5 Å². The Morgan fingerprint density at radius 2 is 1.83 bits per heavy atom. The SMILES string of the molecule is CNC(=O)C1CCN(C(=O)N[C@H](C)C(=O)O)CC1. The first kappa shape index (κ1) is 14.3. The smallest absolute Gasteiger partial charge is 0.325 e. The highest BCUT2D eigenvalue weighted by molar-refractivity contribution is 5.83. The van der Waals surface area contributed by atoms with Gasteiger partial charge < -0.3 is 20.6 Å². The van der Waals surface area contributed by atoms with Crippen molar-refractivity contribution in [1.29, 1.82) is 0 Å². The summed E-state index contributed by atoms with van der Waals surface area (Å²) in [6.07, 6.45) is 1.21. The van der Waals surface area contributed by atoms with Gasteiger partial charge in [-0.1, -0.05) is 0 Å². The summed E-state index contributed by atoms with van der Waals surface area (Å²) in [4.78, 5) is 35.3. The second-order valence-electron chi connectivity index (χ2n) is 4.38. The minimum Gasteiger partial charge on any atom is -0.480 e. The van der Waals surface area contributed by atoms with Crippen molar-refractivity contribution in [3.05, 3.63) is 0 Å². The first-order valence-corrected chi connectivity index (χ1v) is 5.95. The number of piperidine rings is 1. The first-order valence-electron chi connectivity index (χ1n) is 5.95. The summed E-state index contributed by atoms with van der Waals surface area (Å²) < 4.78 is 0.